The van der Waals surface area contributed by atoms with Crippen LogP contribution in [-0.4, -0.2) is 30.6 Å². The fourth-order valence-electron chi connectivity index (χ4n) is 1.19. The Kier molecular flexibility index (Phi) is 4.00. The summed E-state index contributed by atoms with van der Waals surface area (Å²) in [4.78, 5) is 2.21. The summed E-state index contributed by atoms with van der Waals surface area (Å²) < 4.78 is 0. The first-order valence-corrected chi connectivity index (χ1v) is 4.12. The Bertz CT molecular complexity index is 114. The van der Waals surface area contributed by atoms with Crippen molar-refractivity contribution in [3.63, 3.8) is 0 Å². The molecule has 0 fully saturated rings. The van der Waals surface area contributed by atoms with Gasteiger partial charge >= 0.3 is 0 Å². The average molecular weight is 159 g/mol. The maximum atomic E-state index is 5.39. The van der Waals surface area contributed by atoms with E-state index in [0.29, 0.717) is 6.04 Å². The van der Waals surface area contributed by atoms with E-state index in [-0.39, 0.29) is 5.54 Å². The summed E-state index contributed by atoms with van der Waals surface area (Å²) in [5.74, 6) is 5.39. The molecule has 3 heteroatoms. The molecule has 0 aromatic heterocycles. The minimum Gasteiger partial charge on any atom is -0.302 e. The summed E-state index contributed by atoms with van der Waals surface area (Å²) in [6, 6.07) is 0.308. The second-order valence-electron chi connectivity index (χ2n) is 3.49. The average Bonchev–Trinajstić information content (AvgIpc) is 2.01. The fourth-order valence-corrected chi connectivity index (χ4v) is 1.19. The molecule has 68 valence electrons. The number of hydrazine groups is 1. The zero-order chi connectivity index (χ0) is 9.07. The molecule has 3 N–H and O–H groups in total. The van der Waals surface area contributed by atoms with Gasteiger partial charge in [0.2, 0.25) is 0 Å². The first kappa shape index (κ1) is 10.9. The number of hydrogen-bond acceptors (Lipinski definition) is 3. The van der Waals surface area contributed by atoms with Crippen LogP contribution in [0.4, 0.5) is 0 Å². The largest absolute Gasteiger partial charge is 0.302 e. The highest BCUT2D eigenvalue weighted by Gasteiger charge is 2.30. The van der Waals surface area contributed by atoms with Crippen molar-refractivity contribution in [1.29, 1.82) is 0 Å². The smallest absolute Gasteiger partial charge is 0.0363 e. The third-order valence-corrected chi connectivity index (χ3v) is 2.92. The highest BCUT2D eigenvalue weighted by atomic mass is 15.3. The topological polar surface area (TPSA) is 41.3 Å². The van der Waals surface area contributed by atoms with Crippen LogP contribution in [0.15, 0.2) is 0 Å². The summed E-state index contributed by atoms with van der Waals surface area (Å²) in [7, 11) is 4.16. The van der Waals surface area contributed by atoms with E-state index in [1.165, 1.54) is 0 Å². The van der Waals surface area contributed by atoms with Gasteiger partial charge in [-0.05, 0) is 34.4 Å². The summed E-state index contributed by atoms with van der Waals surface area (Å²) in [5.41, 5.74) is 2.94. The first-order valence-electron chi connectivity index (χ1n) is 4.12. The molecule has 3 nitrogen and oxygen atoms in total. The highest BCUT2D eigenvalue weighted by Crippen LogP contribution is 2.19. The molecule has 0 rings (SSSR count). The molecular weight excluding hydrogens is 138 g/mol. The minimum atomic E-state index is 0.148. The van der Waals surface area contributed by atoms with Crippen molar-refractivity contribution in [3.8, 4) is 0 Å². The lowest BCUT2D eigenvalue weighted by atomic mass is 9.90. The predicted octanol–water partition coefficient (Wildman–Crippen LogP) is 0.569. The van der Waals surface area contributed by atoms with E-state index in [1.807, 2.05) is 0 Å². The Hall–Kier alpha value is -0.120. The van der Waals surface area contributed by atoms with Gasteiger partial charge in [-0.15, -0.1) is 0 Å². The molecule has 0 bridgehead atoms. The summed E-state index contributed by atoms with van der Waals surface area (Å²) in [5, 5.41) is 0. The van der Waals surface area contributed by atoms with Crippen LogP contribution < -0.4 is 11.3 Å². The molecule has 2 atom stereocenters. The van der Waals surface area contributed by atoms with Crippen molar-refractivity contribution < 1.29 is 0 Å². The third kappa shape index (κ3) is 2.15. The second kappa shape index (κ2) is 4.04. The van der Waals surface area contributed by atoms with E-state index in [0.717, 1.165) is 6.42 Å². The quantitative estimate of drug-likeness (QED) is 0.465. The normalized spacial score (nSPS) is 19.9. The molecule has 0 radical (unpaired) electrons. The van der Waals surface area contributed by atoms with Crippen molar-refractivity contribution >= 4 is 0 Å². The van der Waals surface area contributed by atoms with Crippen LogP contribution in [0.5, 0.6) is 0 Å². The molecule has 0 spiro atoms. The van der Waals surface area contributed by atoms with Crippen molar-refractivity contribution in [2.45, 2.75) is 38.8 Å². The number of hydrogen-bond donors (Lipinski definition) is 2. The SMILES string of the molecule is CCC(C)(C(C)NN)N(C)C. The molecule has 0 amide bonds. The van der Waals surface area contributed by atoms with Gasteiger partial charge in [-0.1, -0.05) is 6.92 Å². The van der Waals surface area contributed by atoms with Gasteiger partial charge in [-0.3, -0.25) is 11.3 Å². The number of rotatable bonds is 4. The maximum absolute atomic E-state index is 5.39. The molecule has 0 heterocycles. The van der Waals surface area contributed by atoms with Gasteiger partial charge < -0.3 is 4.90 Å². The zero-order valence-electron chi connectivity index (χ0n) is 8.31. The van der Waals surface area contributed by atoms with Crippen molar-refractivity contribution in [1.82, 2.24) is 10.3 Å². The van der Waals surface area contributed by atoms with Crippen molar-refractivity contribution in [2.75, 3.05) is 14.1 Å². The van der Waals surface area contributed by atoms with E-state index in [4.69, 9.17) is 5.84 Å². The number of likely N-dealkylation sites (N-methyl/N-ethyl adjacent to an activating group) is 1. The van der Waals surface area contributed by atoms with Crippen LogP contribution in [0, 0.1) is 0 Å². The second-order valence-corrected chi connectivity index (χ2v) is 3.49. The lowest BCUT2D eigenvalue weighted by Gasteiger charge is -2.40. The Balaban J connectivity index is 4.32. The van der Waals surface area contributed by atoms with Crippen LogP contribution in [0.25, 0.3) is 0 Å². The lowest BCUT2D eigenvalue weighted by molar-refractivity contribution is 0.121. The van der Waals surface area contributed by atoms with Gasteiger partial charge in [-0.25, -0.2) is 0 Å². The lowest BCUT2D eigenvalue weighted by Crippen LogP contribution is -2.57. The maximum Gasteiger partial charge on any atom is 0.0363 e. The molecule has 0 aliphatic carbocycles. The Labute approximate surface area is 69.9 Å². The van der Waals surface area contributed by atoms with Gasteiger partial charge in [0.1, 0.15) is 0 Å². The molecular formula is C8H21N3. The van der Waals surface area contributed by atoms with Gasteiger partial charge in [0.05, 0.1) is 0 Å². The zero-order valence-corrected chi connectivity index (χ0v) is 8.31. The first-order chi connectivity index (χ1) is 4.99. The predicted molar refractivity (Wildman–Crippen MR) is 49.2 cm³/mol. The Morgan fingerprint density at radius 1 is 1.55 bits per heavy atom. The third-order valence-electron chi connectivity index (χ3n) is 2.92. The van der Waals surface area contributed by atoms with Gasteiger partial charge in [0, 0.05) is 11.6 Å². The number of nitrogens with one attached hydrogen (secondary N) is 1. The van der Waals surface area contributed by atoms with Crippen molar-refractivity contribution in [3.05, 3.63) is 0 Å². The minimum absolute atomic E-state index is 0.148. The highest BCUT2D eigenvalue weighted by molar-refractivity contribution is 4.90. The van der Waals surface area contributed by atoms with Crippen LogP contribution in [-0.2, 0) is 0 Å². The molecule has 0 aliphatic heterocycles. The van der Waals surface area contributed by atoms with Gasteiger partial charge in [0.15, 0.2) is 0 Å². The van der Waals surface area contributed by atoms with E-state index < -0.39 is 0 Å². The van der Waals surface area contributed by atoms with E-state index in [1.54, 1.807) is 0 Å². The van der Waals surface area contributed by atoms with Gasteiger partial charge in [-0.2, -0.15) is 0 Å². The van der Waals surface area contributed by atoms with Gasteiger partial charge in [0.25, 0.3) is 0 Å². The molecule has 0 aromatic carbocycles. The number of nitrogens with zero attached hydrogens (tertiary/aromatic N) is 1. The van der Waals surface area contributed by atoms with E-state index in [9.17, 15) is 0 Å². The van der Waals surface area contributed by atoms with Crippen LogP contribution in [0.3, 0.4) is 0 Å². The fraction of sp³-hybridized carbons (Fsp3) is 1.00. The summed E-state index contributed by atoms with van der Waals surface area (Å²) in [6.45, 7) is 6.48. The number of nitrogens with two attached hydrogens (primary N) is 1. The Morgan fingerprint density at radius 2 is 2.00 bits per heavy atom. The molecule has 0 aromatic rings. The molecule has 0 aliphatic rings. The molecule has 2 unspecified atom stereocenters. The van der Waals surface area contributed by atoms with E-state index in [2.05, 4.69) is 45.2 Å². The molecule has 0 saturated carbocycles. The molecule has 11 heavy (non-hydrogen) atoms. The van der Waals surface area contributed by atoms with Crippen molar-refractivity contribution in [2.24, 2.45) is 5.84 Å². The summed E-state index contributed by atoms with van der Waals surface area (Å²) >= 11 is 0. The monoisotopic (exact) mass is 159 g/mol. The van der Waals surface area contributed by atoms with E-state index >= 15 is 0 Å². The van der Waals surface area contributed by atoms with Crippen LogP contribution in [0.1, 0.15) is 27.2 Å². The molecule has 0 saturated heterocycles. The summed E-state index contributed by atoms with van der Waals surface area (Å²) in [6.07, 6.45) is 1.09. The van der Waals surface area contributed by atoms with Crippen LogP contribution >= 0.6 is 0 Å². The van der Waals surface area contributed by atoms with Crippen LogP contribution in [0.2, 0.25) is 0 Å². The Morgan fingerprint density at radius 3 is 2.09 bits per heavy atom. The standard InChI is InChI=1S/C8H21N3/c1-6-8(3,11(4)5)7(2)10-9/h7,10H,6,9H2,1-5H3.